The number of aliphatic carboxylic acids is 1. The molecule has 1 saturated heterocycles. The molecule has 0 amide bonds. The summed E-state index contributed by atoms with van der Waals surface area (Å²) in [6.45, 7) is 3.35. The van der Waals surface area contributed by atoms with Gasteiger partial charge in [-0.2, -0.15) is 0 Å². The number of aliphatic hydroxyl groups is 2. The third kappa shape index (κ3) is 7.59. The average Bonchev–Trinajstić information content (AvgIpc) is 3.00. The summed E-state index contributed by atoms with van der Waals surface area (Å²) in [4.78, 5) is 23.2. The molecule has 2 rings (SSSR count). The monoisotopic (exact) mass is 428 g/mol. The molecule has 1 fully saturated rings. The van der Waals surface area contributed by atoms with Crippen molar-refractivity contribution in [3.05, 3.63) is 34.4 Å². The first kappa shape index (κ1) is 23.6. The van der Waals surface area contributed by atoms with Crippen LogP contribution in [-0.2, 0) is 19.1 Å². The maximum Gasteiger partial charge on any atom is 0.309 e. The first-order valence-corrected chi connectivity index (χ1v) is 10.1. The second kappa shape index (κ2) is 10.9. The van der Waals surface area contributed by atoms with Crippen molar-refractivity contribution in [2.75, 3.05) is 0 Å². The Morgan fingerprint density at radius 1 is 1.41 bits per heavy atom. The van der Waals surface area contributed by atoms with E-state index in [-0.39, 0.29) is 18.9 Å². The molecule has 0 aromatic heterocycles. The predicted molar refractivity (Wildman–Crippen MR) is 107 cm³/mol. The Hall–Kier alpha value is -1.67. The molecule has 0 aromatic carbocycles. The summed E-state index contributed by atoms with van der Waals surface area (Å²) in [6.07, 6.45) is 3.00. The topological polar surface area (TPSA) is 113 Å². The summed E-state index contributed by atoms with van der Waals surface area (Å²) in [5.74, 6) is -1.57. The Labute approximate surface area is 175 Å². The van der Waals surface area contributed by atoms with E-state index in [1.165, 1.54) is 6.08 Å². The number of hydrogen-bond donors (Lipinski definition) is 3. The molecular formula is C21H29ClO7. The predicted octanol–water partition coefficient (Wildman–Crippen LogP) is 2.84. The fourth-order valence-electron chi connectivity index (χ4n) is 3.49. The van der Waals surface area contributed by atoms with Crippen LogP contribution in [0.15, 0.2) is 34.4 Å². The van der Waals surface area contributed by atoms with Crippen molar-refractivity contribution in [3.8, 4) is 0 Å². The molecule has 5 atom stereocenters. The highest BCUT2D eigenvalue weighted by molar-refractivity contribution is 6.29. The Kier molecular flexibility index (Phi) is 8.89. The van der Waals surface area contributed by atoms with Gasteiger partial charge in [0.25, 0.3) is 0 Å². The van der Waals surface area contributed by atoms with Gasteiger partial charge in [0.2, 0.25) is 0 Å². The molecule has 0 aliphatic carbocycles. The number of fused-ring (bicyclic) bond motifs is 2. The van der Waals surface area contributed by atoms with E-state index in [0.29, 0.717) is 41.9 Å². The van der Waals surface area contributed by atoms with Gasteiger partial charge in [0, 0.05) is 11.5 Å². The van der Waals surface area contributed by atoms with E-state index in [4.69, 9.17) is 26.2 Å². The van der Waals surface area contributed by atoms with E-state index in [2.05, 4.69) is 0 Å². The van der Waals surface area contributed by atoms with Gasteiger partial charge in [0.15, 0.2) is 0 Å². The molecule has 0 unspecified atom stereocenters. The Morgan fingerprint density at radius 2 is 2.14 bits per heavy atom. The third-order valence-corrected chi connectivity index (χ3v) is 5.43. The van der Waals surface area contributed by atoms with Crippen molar-refractivity contribution in [2.24, 2.45) is 0 Å². The number of carbonyl (C=O) groups is 2. The summed E-state index contributed by atoms with van der Waals surface area (Å²) in [7, 11) is 0. The number of carboxylic acid groups (broad SMARTS) is 1. The van der Waals surface area contributed by atoms with Crippen LogP contribution in [0.2, 0.25) is 0 Å². The van der Waals surface area contributed by atoms with Crippen LogP contribution in [0.3, 0.4) is 0 Å². The van der Waals surface area contributed by atoms with Crippen molar-refractivity contribution in [2.45, 2.75) is 82.9 Å². The smallest absolute Gasteiger partial charge is 0.309 e. The van der Waals surface area contributed by atoms with Crippen LogP contribution in [0.25, 0.3) is 0 Å². The van der Waals surface area contributed by atoms with Crippen LogP contribution in [0.1, 0.15) is 52.4 Å². The molecule has 2 aliphatic rings. The van der Waals surface area contributed by atoms with Gasteiger partial charge in [-0.1, -0.05) is 35.4 Å². The van der Waals surface area contributed by atoms with Gasteiger partial charge in [0.05, 0.1) is 25.0 Å². The minimum atomic E-state index is -1.12. The van der Waals surface area contributed by atoms with Crippen molar-refractivity contribution in [3.63, 3.8) is 0 Å². The van der Waals surface area contributed by atoms with Crippen LogP contribution in [0.5, 0.6) is 0 Å². The summed E-state index contributed by atoms with van der Waals surface area (Å²) < 4.78 is 11.5. The maximum absolute atomic E-state index is 12.3. The van der Waals surface area contributed by atoms with Gasteiger partial charge in [-0.3, -0.25) is 9.59 Å². The molecule has 2 aliphatic heterocycles. The standard InChI is InChI=1S/C21H29ClO7/c1-12(9-19(25)26)8-17(24)21-18-10-15(28-21)7-6-14(22)5-3-4-13(2)16(23)11-20(27)29-18/h4-5,8,15-18,21,23-24H,3,6-7,9-11H2,1-2H3,(H,25,26)/b12-8+,13-4+,14-5-/t15-,16-,17+,18-,21-/m0/s1. The molecular weight excluding hydrogens is 400 g/mol. The molecule has 3 N–H and O–H groups in total. The van der Waals surface area contributed by atoms with E-state index >= 15 is 0 Å². The summed E-state index contributed by atoms with van der Waals surface area (Å²) in [5, 5.41) is 30.3. The zero-order valence-corrected chi connectivity index (χ0v) is 17.5. The molecule has 0 radical (unpaired) electrons. The van der Waals surface area contributed by atoms with Crippen LogP contribution >= 0.6 is 11.6 Å². The lowest BCUT2D eigenvalue weighted by molar-refractivity contribution is -0.156. The van der Waals surface area contributed by atoms with E-state index in [1.54, 1.807) is 13.8 Å². The van der Waals surface area contributed by atoms with Gasteiger partial charge < -0.3 is 24.8 Å². The number of esters is 1. The quantitative estimate of drug-likeness (QED) is 0.466. The second-order valence-corrected chi connectivity index (χ2v) is 8.14. The number of ether oxygens (including phenoxy) is 2. The number of aliphatic hydroxyl groups excluding tert-OH is 2. The molecule has 0 aromatic rings. The third-order valence-electron chi connectivity index (χ3n) is 5.09. The van der Waals surface area contributed by atoms with E-state index < -0.39 is 36.4 Å². The highest BCUT2D eigenvalue weighted by Gasteiger charge is 2.41. The van der Waals surface area contributed by atoms with Crippen LogP contribution in [0, 0.1) is 0 Å². The molecule has 0 spiro atoms. The summed E-state index contributed by atoms with van der Waals surface area (Å²) in [5.41, 5.74) is 1.14. The molecule has 0 saturated carbocycles. The van der Waals surface area contributed by atoms with Crippen molar-refractivity contribution < 1.29 is 34.4 Å². The average molecular weight is 429 g/mol. The van der Waals surface area contributed by atoms with Crippen molar-refractivity contribution in [1.82, 2.24) is 0 Å². The zero-order chi connectivity index (χ0) is 21.6. The Morgan fingerprint density at radius 3 is 2.83 bits per heavy atom. The molecule has 7 nitrogen and oxygen atoms in total. The number of carboxylic acids is 1. The fourth-order valence-corrected chi connectivity index (χ4v) is 3.69. The maximum atomic E-state index is 12.3. The highest BCUT2D eigenvalue weighted by Crippen LogP contribution is 2.31. The molecule has 162 valence electrons. The molecule has 29 heavy (non-hydrogen) atoms. The number of hydrogen-bond acceptors (Lipinski definition) is 6. The van der Waals surface area contributed by atoms with Gasteiger partial charge >= 0.3 is 11.9 Å². The molecule has 8 heteroatoms. The highest BCUT2D eigenvalue weighted by atomic mass is 35.5. The molecule has 2 heterocycles. The normalized spacial score (nSPS) is 34.2. The van der Waals surface area contributed by atoms with E-state index in [9.17, 15) is 19.8 Å². The lowest BCUT2D eigenvalue weighted by Crippen LogP contribution is -2.37. The largest absolute Gasteiger partial charge is 0.481 e. The zero-order valence-electron chi connectivity index (χ0n) is 16.7. The summed E-state index contributed by atoms with van der Waals surface area (Å²) in [6, 6.07) is 0. The fraction of sp³-hybridized carbons (Fsp3) is 0.619. The molecule has 2 bridgehead atoms. The van der Waals surface area contributed by atoms with Gasteiger partial charge in [-0.25, -0.2) is 0 Å². The van der Waals surface area contributed by atoms with E-state index in [1.807, 2.05) is 12.2 Å². The minimum Gasteiger partial charge on any atom is -0.481 e. The minimum absolute atomic E-state index is 0.197. The van der Waals surface area contributed by atoms with Crippen LogP contribution in [-0.4, -0.2) is 57.8 Å². The first-order chi connectivity index (χ1) is 13.7. The number of carbonyl (C=O) groups excluding carboxylic acids is 1. The number of allylic oxidation sites excluding steroid dienone is 3. The van der Waals surface area contributed by atoms with Gasteiger partial charge in [0.1, 0.15) is 18.3 Å². The van der Waals surface area contributed by atoms with Gasteiger partial charge in [-0.15, -0.1) is 0 Å². The number of rotatable bonds is 4. The van der Waals surface area contributed by atoms with Crippen molar-refractivity contribution in [1.29, 1.82) is 0 Å². The van der Waals surface area contributed by atoms with E-state index in [0.717, 1.165) is 0 Å². The second-order valence-electron chi connectivity index (χ2n) is 7.65. The lowest BCUT2D eigenvalue weighted by Gasteiger charge is -2.23. The SMILES string of the molecule is C/C(=C\[C@@H](O)[C@@H]1O[C@H]2CC/C(Cl)=C/C/C=C(\C)[C@@H](O)CC(=O)O[C@H]1C2)CC(=O)O. The summed E-state index contributed by atoms with van der Waals surface area (Å²) >= 11 is 6.26. The van der Waals surface area contributed by atoms with Gasteiger partial charge in [-0.05, 0) is 38.7 Å². The number of halogens is 1. The lowest BCUT2D eigenvalue weighted by atomic mass is 10.0. The van der Waals surface area contributed by atoms with Crippen LogP contribution < -0.4 is 0 Å². The van der Waals surface area contributed by atoms with Crippen LogP contribution in [0.4, 0.5) is 0 Å². The Bertz CT molecular complexity index is 697. The van der Waals surface area contributed by atoms with Crippen molar-refractivity contribution >= 4 is 23.5 Å². The first-order valence-electron chi connectivity index (χ1n) is 9.77. The Balaban J connectivity index is 2.19.